The molecule has 224 valence electrons. The maximum Gasteiger partial charge on any atom is 0.317 e. The van der Waals surface area contributed by atoms with E-state index in [1.54, 1.807) is 48.5 Å². The van der Waals surface area contributed by atoms with E-state index < -0.39 is 17.5 Å². The fourth-order valence-corrected chi connectivity index (χ4v) is 6.13. The number of fused-ring (bicyclic) bond motifs is 1. The lowest BCUT2D eigenvalue weighted by molar-refractivity contribution is -0.149. The highest BCUT2D eigenvalue weighted by Crippen LogP contribution is 2.36. The van der Waals surface area contributed by atoms with Crippen LogP contribution in [0.5, 0.6) is 5.75 Å². The van der Waals surface area contributed by atoms with Crippen molar-refractivity contribution < 1.29 is 29.7 Å². The van der Waals surface area contributed by atoms with Crippen molar-refractivity contribution in [2.24, 2.45) is 0 Å². The summed E-state index contributed by atoms with van der Waals surface area (Å²) in [5.74, 6) is -1.60. The van der Waals surface area contributed by atoms with Gasteiger partial charge in [0.1, 0.15) is 11.2 Å². The summed E-state index contributed by atoms with van der Waals surface area (Å²) >= 11 is 1.08. The molecular formula is C31H32N4O7S. The van der Waals surface area contributed by atoms with Gasteiger partial charge in [-0.1, -0.05) is 36.4 Å². The monoisotopic (exact) mass is 604 g/mol. The van der Waals surface area contributed by atoms with Crippen LogP contribution in [0.3, 0.4) is 0 Å². The minimum atomic E-state index is -1.12. The lowest BCUT2D eigenvalue weighted by atomic mass is 9.73. The number of carboxylic acid groups (broad SMARTS) is 1. The second kappa shape index (κ2) is 12.8. The number of aliphatic carboxylic acids is 1. The van der Waals surface area contributed by atoms with E-state index >= 15 is 0 Å². The van der Waals surface area contributed by atoms with Gasteiger partial charge >= 0.3 is 5.97 Å². The molecule has 12 heteroatoms. The van der Waals surface area contributed by atoms with E-state index in [4.69, 9.17) is 0 Å². The number of H-pyrrole nitrogens is 1. The number of thiophene rings is 1. The van der Waals surface area contributed by atoms with Crippen LogP contribution in [0.4, 0.5) is 0 Å². The Labute approximate surface area is 250 Å². The number of nitrogens with one attached hydrogen (secondary N) is 3. The van der Waals surface area contributed by atoms with Gasteiger partial charge in [0, 0.05) is 37.6 Å². The van der Waals surface area contributed by atoms with E-state index in [1.807, 2.05) is 6.07 Å². The number of hydrogen-bond donors (Lipinski definition) is 6. The molecule has 0 bridgehead atoms. The molecule has 3 heterocycles. The van der Waals surface area contributed by atoms with Gasteiger partial charge in [-0.25, -0.2) is 0 Å². The zero-order valence-electron chi connectivity index (χ0n) is 23.2. The fourth-order valence-electron chi connectivity index (χ4n) is 5.24. The Balaban J connectivity index is 1.03. The summed E-state index contributed by atoms with van der Waals surface area (Å²) in [4.78, 5) is 54.0. The number of hydrogen-bond acceptors (Lipinski definition) is 8. The van der Waals surface area contributed by atoms with E-state index in [-0.39, 0.29) is 48.3 Å². The number of aliphatic hydroxyl groups is 1. The topological polar surface area (TPSA) is 172 Å². The molecule has 1 aliphatic heterocycles. The summed E-state index contributed by atoms with van der Waals surface area (Å²) in [6.07, 6.45) is 0.589. The maximum absolute atomic E-state index is 13.0. The van der Waals surface area contributed by atoms with Gasteiger partial charge in [-0.2, -0.15) is 0 Å². The fraction of sp³-hybridized carbons (Fsp3) is 0.290. The van der Waals surface area contributed by atoms with Gasteiger partial charge in [0.25, 0.3) is 11.8 Å². The third kappa shape index (κ3) is 6.31. The summed E-state index contributed by atoms with van der Waals surface area (Å²) in [6, 6.07) is 18.1. The normalized spacial score (nSPS) is 14.7. The first-order valence-electron chi connectivity index (χ1n) is 13.9. The van der Waals surface area contributed by atoms with E-state index in [2.05, 4.69) is 15.6 Å². The van der Waals surface area contributed by atoms with Crippen molar-refractivity contribution in [3.63, 3.8) is 0 Å². The maximum atomic E-state index is 13.0. The van der Waals surface area contributed by atoms with E-state index in [9.17, 15) is 34.5 Å². The number of pyridine rings is 1. The molecule has 0 aliphatic carbocycles. The molecule has 0 radical (unpaired) electrons. The third-order valence-electron chi connectivity index (χ3n) is 7.65. The number of aromatic amines is 1. The Morgan fingerprint density at radius 2 is 1.67 bits per heavy atom. The largest absolute Gasteiger partial charge is 0.506 e. The second-order valence-electron chi connectivity index (χ2n) is 10.5. The quantitative estimate of drug-likeness (QED) is 0.134. The molecular weight excluding hydrogens is 572 g/mol. The minimum absolute atomic E-state index is 0.0641. The number of nitrogens with zero attached hydrogens (tertiary/aromatic N) is 1. The van der Waals surface area contributed by atoms with Gasteiger partial charge in [-0.05, 0) is 54.8 Å². The molecule has 0 spiro atoms. The molecule has 1 saturated heterocycles. The molecule has 43 heavy (non-hydrogen) atoms. The van der Waals surface area contributed by atoms with E-state index in [0.29, 0.717) is 45.8 Å². The Kier molecular flexibility index (Phi) is 8.90. The average Bonchev–Trinajstić information content (AvgIpc) is 3.47. The number of phenolic OH excluding ortho intramolecular Hbond substituents is 1. The average molecular weight is 605 g/mol. The van der Waals surface area contributed by atoms with Gasteiger partial charge in [0.05, 0.1) is 21.4 Å². The number of carbonyl (C=O) groups is 3. The molecule has 2 amide bonds. The van der Waals surface area contributed by atoms with Gasteiger partial charge in [-0.15, -0.1) is 11.3 Å². The first kappa shape index (κ1) is 30.0. The molecule has 6 N–H and O–H groups in total. The molecule has 1 fully saturated rings. The highest BCUT2D eigenvalue weighted by atomic mass is 32.1. The number of carbonyl (C=O) groups excluding carboxylic acids is 2. The first-order valence-corrected chi connectivity index (χ1v) is 14.7. The summed E-state index contributed by atoms with van der Waals surface area (Å²) in [5.41, 5.74) is 0.0683. The van der Waals surface area contributed by atoms with Crippen LogP contribution in [0, 0.1) is 0 Å². The van der Waals surface area contributed by atoms with E-state index in [0.717, 1.165) is 17.8 Å². The van der Waals surface area contributed by atoms with Crippen LogP contribution in [0.2, 0.25) is 0 Å². The van der Waals surface area contributed by atoms with Crippen LogP contribution >= 0.6 is 11.3 Å². The molecule has 5 rings (SSSR count). The van der Waals surface area contributed by atoms with Gasteiger partial charge in [0.2, 0.25) is 5.56 Å². The number of unbranched alkanes of at least 4 members (excludes halogenated alkanes) is 1. The lowest BCUT2D eigenvalue weighted by Gasteiger charge is -2.47. The van der Waals surface area contributed by atoms with Crippen LogP contribution in [0.1, 0.15) is 49.4 Å². The standard InChI is InChI=1S/C31H32N4O7S/c36-22-10-8-20(21-9-13-26(38)34-27(21)22)23(37)16-32-14-4-5-15-33-28(39)24-11-12-25(43-24)29(40)35-17-31(18-35,30(41)42)19-6-2-1-3-7-19/h1-3,6-13,23,32,36-37H,4-5,14-18H2,(H,33,39)(H,34,38)(H,41,42)/t23-/m0/s1. The van der Waals surface area contributed by atoms with Gasteiger partial charge in [-0.3, -0.25) is 19.2 Å². The zero-order chi connectivity index (χ0) is 30.6. The molecule has 2 aromatic heterocycles. The predicted molar refractivity (Wildman–Crippen MR) is 162 cm³/mol. The minimum Gasteiger partial charge on any atom is -0.506 e. The van der Waals surface area contributed by atoms with E-state index in [1.165, 1.54) is 17.0 Å². The van der Waals surface area contributed by atoms with Crippen LogP contribution < -0.4 is 16.2 Å². The molecule has 0 unspecified atom stereocenters. The number of aromatic hydroxyl groups is 1. The highest BCUT2D eigenvalue weighted by Gasteiger charge is 2.52. The zero-order valence-corrected chi connectivity index (χ0v) is 24.0. The van der Waals surface area contributed by atoms with Crippen molar-refractivity contribution in [3.8, 4) is 5.75 Å². The summed E-state index contributed by atoms with van der Waals surface area (Å²) < 4.78 is 0. The number of amides is 2. The smallest absolute Gasteiger partial charge is 0.317 e. The van der Waals surface area contributed by atoms with Crippen molar-refractivity contribution >= 4 is 40.0 Å². The number of aromatic nitrogens is 1. The Bertz CT molecular complexity index is 1700. The third-order valence-corrected chi connectivity index (χ3v) is 8.73. The summed E-state index contributed by atoms with van der Waals surface area (Å²) in [5, 5.41) is 37.1. The molecule has 2 aromatic carbocycles. The Morgan fingerprint density at radius 1 is 0.953 bits per heavy atom. The van der Waals surface area contributed by atoms with Crippen LogP contribution in [-0.4, -0.2) is 75.7 Å². The predicted octanol–water partition coefficient (Wildman–Crippen LogP) is 2.61. The number of benzene rings is 2. The van der Waals surface area contributed by atoms with Crippen LogP contribution in [0.15, 0.2) is 71.5 Å². The Morgan fingerprint density at radius 3 is 2.42 bits per heavy atom. The van der Waals surface area contributed by atoms with Gasteiger partial charge < -0.3 is 35.8 Å². The SMILES string of the molecule is O=C(NCCCCNC[C@H](O)c1ccc(O)c2[nH]c(=O)ccc12)c1ccc(C(=O)N2CC(C(=O)O)(c3ccccc3)C2)s1. The van der Waals surface area contributed by atoms with Crippen molar-refractivity contribution in [1.82, 2.24) is 20.5 Å². The summed E-state index contributed by atoms with van der Waals surface area (Å²) in [7, 11) is 0. The number of rotatable bonds is 12. The summed E-state index contributed by atoms with van der Waals surface area (Å²) in [6.45, 7) is 1.45. The van der Waals surface area contributed by atoms with Crippen molar-refractivity contribution in [2.75, 3.05) is 32.7 Å². The molecule has 4 aromatic rings. The van der Waals surface area contributed by atoms with Crippen molar-refractivity contribution in [2.45, 2.75) is 24.4 Å². The molecule has 1 atom stereocenters. The van der Waals surface area contributed by atoms with Gasteiger partial charge in [0.15, 0.2) is 0 Å². The number of phenols is 1. The lowest BCUT2D eigenvalue weighted by Crippen LogP contribution is -2.64. The Hall–Kier alpha value is -4.52. The first-order chi connectivity index (χ1) is 20.7. The number of likely N-dealkylation sites (tertiary alicyclic amines) is 1. The molecule has 0 saturated carbocycles. The van der Waals surface area contributed by atoms with Crippen LogP contribution in [0.25, 0.3) is 10.9 Å². The second-order valence-corrected chi connectivity index (χ2v) is 11.6. The molecule has 11 nitrogen and oxygen atoms in total. The van der Waals surface area contributed by atoms with Crippen molar-refractivity contribution in [1.29, 1.82) is 0 Å². The molecule has 1 aliphatic rings. The number of aliphatic hydroxyl groups excluding tert-OH is 1. The highest BCUT2D eigenvalue weighted by molar-refractivity contribution is 7.15. The number of carboxylic acids is 1. The van der Waals surface area contributed by atoms with Crippen molar-refractivity contribution in [3.05, 3.63) is 98.0 Å². The van der Waals surface area contributed by atoms with Crippen LogP contribution in [-0.2, 0) is 10.2 Å².